The van der Waals surface area contributed by atoms with Gasteiger partial charge in [-0.15, -0.1) is 0 Å². The van der Waals surface area contributed by atoms with E-state index in [4.69, 9.17) is 16.3 Å². The number of pyridine rings is 1. The minimum Gasteiger partial charge on any atom is -0.372 e. The van der Waals surface area contributed by atoms with Crippen LogP contribution in [0.5, 0.6) is 0 Å². The van der Waals surface area contributed by atoms with Crippen molar-refractivity contribution in [1.29, 1.82) is 0 Å². The molecule has 1 aromatic carbocycles. The predicted molar refractivity (Wildman–Crippen MR) is 116 cm³/mol. The summed E-state index contributed by atoms with van der Waals surface area (Å²) in [5.74, 6) is 0. The lowest BCUT2D eigenvalue weighted by atomic mass is 9.98. The molecular formula is C23H30ClN3O. The van der Waals surface area contributed by atoms with Crippen LogP contribution in [0, 0.1) is 0 Å². The van der Waals surface area contributed by atoms with Gasteiger partial charge in [0, 0.05) is 7.05 Å². The molecule has 1 aliphatic heterocycles. The fourth-order valence-electron chi connectivity index (χ4n) is 4.35. The van der Waals surface area contributed by atoms with Gasteiger partial charge in [0.1, 0.15) is 0 Å². The van der Waals surface area contributed by atoms with Gasteiger partial charge in [-0.05, 0) is 68.1 Å². The molecule has 2 aromatic rings. The number of hydrogen-bond acceptors (Lipinski definition) is 4. The largest absolute Gasteiger partial charge is 0.372 e. The zero-order valence-corrected chi connectivity index (χ0v) is 17.5. The monoisotopic (exact) mass is 399 g/mol. The van der Waals surface area contributed by atoms with Gasteiger partial charge >= 0.3 is 0 Å². The third-order valence-electron chi connectivity index (χ3n) is 6.00. The van der Waals surface area contributed by atoms with Crippen LogP contribution in [0.25, 0.3) is 0 Å². The van der Waals surface area contributed by atoms with Gasteiger partial charge in [-0.25, -0.2) is 0 Å². The average Bonchev–Trinajstić information content (AvgIpc) is 2.98. The number of ether oxygens (including phenoxy) is 1. The lowest BCUT2D eigenvalue weighted by Crippen LogP contribution is -2.17. The zero-order chi connectivity index (χ0) is 19.3. The SMILES string of the molecule is CN(c1ccc(COC2CCCCC2)nc1)c1c(Cl)ccc2c1CCNCC2. The van der Waals surface area contributed by atoms with Gasteiger partial charge in [0.25, 0.3) is 0 Å². The quantitative estimate of drug-likeness (QED) is 0.764. The highest BCUT2D eigenvalue weighted by Crippen LogP contribution is 2.36. The van der Waals surface area contributed by atoms with E-state index in [1.165, 1.54) is 43.2 Å². The Hall–Kier alpha value is -1.62. The van der Waals surface area contributed by atoms with Crippen LogP contribution < -0.4 is 10.2 Å². The van der Waals surface area contributed by atoms with Gasteiger partial charge in [-0.1, -0.05) is 36.9 Å². The number of nitrogens with one attached hydrogen (secondary N) is 1. The summed E-state index contributed by atoms with van der Waals surface area (Å²) < 4.78 is 6.06. The number of hydrogen-bond donors (Lipinski definition) is 1. The maximum atomic E-state index is 6.62. The molecule has 0 spiro atoms. The molecule has 0 saturated heterocycles. The van der Waals surface area contributed by atoms with E-state index in [0.29, 0.717) is 12.7 Å². The van der Waals surface area contributed by atoms with Crippen molar-refractivity contribution in [3.05, 3.63) is 52.3 Å². The summed E-state index contributed by atoms with van der Waals surface area (Å²) in [6.07, 6.45) is 10.7. The van der Waals surface area contributed by atoms with E-state index >= 15 is 0 Å². The van der Waals surface area contributed by atoms with Crippen molar-refractivity contribution >= 4 is 23.0 Å². The van der Waals surface area contributed by atoms with Gasteiger partial charge < -0.3 is 15.0 Å². The average molecular weight is 400 g/mol. The number of rotatable bonds is 5. The van der Waals surface area contributed by atoms with Crippen LogP contribution in [0.3, 0.4) is 0 Å². The van der Waals surface area contributed by atoms with E-state index in [2.05, 4.69) is 40.4 Å². The first-order valence-electron chi connectivity index (χ1n) is 10.5. The lowest BCUT2D eigenvalue weighted by Gasteiger charge is -2.25. The van der Waals surface area contributed by atoms with Crippen LogP contribution in [0.15, 0.2) is 30.5 Å². The zero-order valence-electron chi connectivity index (χ0n) is 16.7. The first-order chi connectivity index (χ1) is 13.7. The van der Waals surface area contributed by atoms with Crippen LogP contribution in [0.1, 0.15) is 48.9 Å². The molecule has 2 heterocycles. The smallest absolute Gasteiger partial charge is 0.0891 e. The van der Waals surface area contributed by atoms with E-state index in [1.807, 2.05) is 12.3 Å². The molecule has 1 aliphatic carbocycles. The molecule has 0 unspecified atom stereocenters. The molecule has 150 valence electrons. The second kappa shape index (κ2) is 9.25. The van der Waals surface area contributed by atoms with Crippen LogP contribution in [0.4, 0.5) is 11.4 Å². The lowest BCUT2D eigenvalue weighted by molar-refractivity contribution is 0.0153. The molecule has 5 heteroatoms. The molecule has 2 aliphatic rings. The number of anilines is 2. The van der Waals surface area contributed by atoms with Crippen molar-refractivity contribution in [2.45, 2.75) is 57.7 Å². The van der Waals surface area contributed by atoms with E-state index in [9.17, 15) is 0 Å². The topological polar surface area (TPSA) is 37.4 Å². The van der Waals surface area contributed by atoms with Crippen molar-refractivity contribution in [1.82, 2.24) is 10.3 Å². The molecule has 0 atom stereocenters. The van der Waals surface area contributed by atoms with Crippen molar-refractivity contribution in [3.63, 3.8) is 0 Å². The summed E-state index contributed by atoms with van der Waals surface area (Å²) in [6.45, 7) is 2.61. The Kier molecular flexibility index (Phi) is 6.50. The highest BCUT2D eigenvalue weighted by Gasteiger charge is 2.19. The van der Waals surface area contributed by atoms with Crippen LogP contribution >= 0.6 is 11.6 Å². The number of halogens is 1. The molecule has 0 radical (unpaired) electrons. The van der Waals surface area contributed by atoms with Gasteiger partial charge in [-0.3, -0.25) is 4.98 Å². The highest BCUT2D eigenvalue weighted by atomic mass is 35.5. The Morgan fingerprint density at radius 2 is 1.93 bits per heavy atom. The summed E-state index contributed by atoms with van der Waals surface area (Å²) in [5, 5.41) is 4.28. The van der Waals surface area contributed by atoms with Crippen molar-refractivity contribution in [2.75, 3.05) is 25.0 Å². The van der Waals surface area contributed by atoms with E-state index in [1.54, 1.807) is 0 Å². The van der Waals surface area contributed by atoms with Crippen LogP contribution in [-0.2, 0) is 24.2 Å². The Labute approximate surface area is 173 Å². The van der Waals surface area contributed by atoms with Gasteiger partial charge in [0.2, 0.25) is 0 Å². The number of aromatic nitrogens is 1. The number of fused-ring (bicyclic) bond motifs is 1. The van der Waals surface area contributed by atoms with Crippen LogP contribution in [0.2, 0.25) is 5.02 Å². The molecule has 1 aromatic heterocycles. The van der Waals surface area contributed by atoms with Gasteiger partial charge in [0.05, 0.1) is 41.0 Å². The molecule has 4 nitrogen and oxygen atoms in total. The summed E-state index contributed by atoms with van der Waals surface area (Å²) in [7, 11) is 2.08. The Morgan fingerprint density at radius 3 is 2.71 bits per heavy atom. The van der Waals surface area contributed by atoms with E-state index < -0.39 is 0 Å². The first kappa shape index (κ1) is 19.7. The maximum Gasteiger partial charge on any atom is 0.0891 e. The summed E-state index contributed by atoms with van der Waals surface area (Å²) in [5.41, 5.74) is 5.89. The fraction of sp³-hybridized carbons (Fsp3) is 0.522. The first-order valence-corrected chi connectivity index (χ1v) is 10.9. The maximum absolute atomic E-state index is 6.62. The molecule has 4 rings (SSSR count). The second-order valence-corrected chi connectivity index (χ2v) is 8.33. The Morgan fingerprint density at radius 1 is 1.11 bits per heavy atom. The molecule has 1 fully saturated rings. The number of nitrogens with zero attached hydrogens (tertiary/aromatic N) is 2. The minimum absolute atomic E-state index is 0.407. The number of benzene rings is 1. The Bertz CT molecular complexity index is 787. The molecule has 0 amide bonds. The highest BCUT2D eigenvalue weighted by molar-refractivity contribution is 6.33. The van der Waals surface area contributed by atoms with Crippen molar-refractivity contribution in [3.8, 4) is 0 Å². The Balaban J connectivity index is 1.48. The summed E-state index contributed by atoms with van der Waals surface area (Å²) >= 11 is 6.62. The van der Waals surface area contributed by atoms with Crippen molar-refractivity contribution in [2.24, 2.45) is 0 Å². The van der Waals surface area contributed by atoms with E-state index in [-0.39, 0.29) is 0 Å². The molecule has 28 heavy (non-hydrogen) atoms. The summed E-state index contributed by atoms with van der Waals surface area (Å²) in [6, 6.07) is 8.40. The van der Waals surface area contributed by atoms with Crippen LogP contribution in [-0.4, -0.2) is 31.2 Å². The minimum atomic E-state index is 0.407. The molecule has 1 saturated carbocycles. The standard InChI is InChI=1S/C23H30ClN3O/c1-27(23-21-12-14-25-13-11-17(21)7-10-22(23)24)19-9-8-18(26-15-19)16-28-20-5-3-2-4-6-20/h7-10,15,20,25H,2-6,11-14,16H2,1H3. The second-order valence-electron chi connectivity index (χ2n) is 7.92. The predicted octanol–water partition coefficient (Wildman–Crippen LogP) is 5.04. The molecule has 1 N–H and O–H groups in total. The fourth-order valence-corrected chi connectivity index (χ4v) is 4.66. The van der Waals surface area contributed by atoms with Gasteiger partial charge in [-0.2, -0.15) is 0 Å². The molecular weight excluding hydrogens is 370 g/mol. The normalized spacial score (nSPS) is 17.8. The summed E-state index contributed by atoms with van der Waals surface area (Å²) in [4.78, 5) is 6.82. The van der Waals surface area contributed by atoms with Gasteiger partial charge in [0.15, 0.2) is 0 Å². The molecule has 0 bridgehead atoms. The third-order valence-corrected chi connectivity index (χ3v) is 6.31. The van der Waals surface area contributed by atoms with E-state index in [0.717, 1.165) is 48.0 Å². The third kappa shape index (κ3) is 4.51. The van der Waals surface area contributed by atoms with Crippen molar-refractivity contribution < 1.29 is 4.74 Å².